The Morgan fingerprint density at radius 3 is 1.35 bits per heavy atom. The lowest BCUT2D eigenvalue weighted by atomic mass is 9.85. The van der Waals surface area contributed by atoms with E-state index in [1.54, 1.807) is 0 Å². The van der Waals surface area contributed by atoms with Crippen LogP contribution in [0.25, 0.3) is 0 Å². The molecule has 362 valence electrons. The minimum Gasteiger partial charge on any atom is -0.462 e. The third-order valence-electron chi connectivity index (χ3n) is 11.2. The van der Waals surface area contributed by atoms with E-state index in [0.29, 0.717) is 12.8 Å². The van der Waals surface area contributed by atoms with Crippen LogP contribution in [0.3, 0.4) is 0 Å². The van der Waals surface area contributed by atoms with Gasteiger partial charge in [-0.05, 0) is 70.6 Å². The molecule has 8 atom stereocenters. The topological polar surface area (TPSA) is 210 Å². The van der Waals surface area contributed by atoms with E-state index in [0.717, 1.165) is 96.3 Å². The standard InChI is InChI=1S/C48H87O13P/c1-3-5-7-9-11-13-15-17-19-21-23-25-27-29-31-33-35-37-42(50)60-40(39-59-62(56,57)61-48-46(54)44(52)43(51)45(53)47(48)55)38-58-41(49)36-34-32-30-28-26-24-22-20-18-16-14-12-10-8-6-4-2/h11,13,17,19-20,22,40,43-48,51-55H,3-10,12,14-16,18,21,23-39H2,1-2H3,(H,56,57)/b13-11-,19-17-,22-20-/t40-,43?,44-,45?,46?,47?,48?/m1/s1. The van der Waals surface area contributed by atoms with Crippen LogP contribution in [0.5, 0.6) is 0 Å². The van der Waals surface area contributed by atoms with Gasteiger partial charge in [0.1, 0.15) is 43.2 Å². The number of hydrogen-bond acceptors (Lipinski definition) is 12. The van der Waals surface area contributed by atoms with Crippen molar-refractivity contribution in [1.82, 2.24) is 0 Å². The van der Waals surface area contributed by atoms with E-state index in [2.05, 4.69) is 50.3 Å². The molecule has 0 bridgehead atoms. The molecule has 1 fully saturated rings. The Bertz CT molecular complexity index is 1230. The second-order valence-electron chi connectivity index (χ2n) is 17.0. The first-order valence-corrected chi connectivity index (χ1v) is 25.8. The second kappa shape index (κ2) is 38.3. The zero-order valence-corrected chi connectivity index (χ0v) is 39.3. The Labute approximate surface area is 374 Å². The maximum absolute atomic E-state index is 12.8. The molecule has 0 aromatic heterocycles. The van der Waals surface area contributed by atoms with Gasteiger partial charge in [-0.3, -0.25) is 18.6 Å². The monoisotopic (exact) mass is 903 g/mol. The van der Waals surface area contributed by atoms with E-state index in [1.807, 2.05) is 0 Å². The van der Waals surface area contributed by atoms with Crippen LogP contribution in [-0.4, -0.2) is 98.3 Å². The third-order valence-corrected chi connectivity index (χ3v) is 12.2. The predicted molar refractivity (Wildman–Crippen MR) is 244 cm³/mol. The van der Waals surface area contributed by atoms with Crippen LogP contribution >= 0.6 is 7.82 Å². The van der Waals surface area contributed by atoms with Crippen LogP contribution in [-0.2, 0) is 32.7 Å². The summed E-state index contributed by atoms with van der Waals surface area (Å²) < 4.78 is 33.6. The average Bonchev–Trinajstić information content (AvgIpc) is 3.25. The average molecular weight is 903 g/mol. The molecule has 1 saturated carbocycles. The minimum atomic E-state index is -5.12. The summed E-state index contributed by atoms with van der Waals surface area (Å²) in [5.41, 5.74) is 0. The Hall–Kier alpha value is -1.93. The number of carbonyl (C=O) groups excluding carboxylic acids is 2. The first kappa shape index (κ1) is 58.1. The van der Waals surface area contributed by atoms with Crippen molar-refractivity contribution >= 4 is 19.8 Å². The largest absolute Gasteiger partial charge is 0.472 e. The van der Waals surface area contributed by atoms with Crippen molar-refractivity contribution in [3.05, 3.63) is 36.5 Å². The Balaban J connectivity index is 2.45. The molecule has 6 unspecified atom stereocenters. The van der Waals surface area contributed by atoms with E-state index < -0.39 is 75.7 Å². The molecule has 0 radical (unpaired) electrons. The fourth-order valence-electron chi connectivity index (χ4n) is 7.25. The number of aliphatic hydroxyl groups excluding tert-OH is 5. The lowest BCUT2D eigenvalue weighted by Crippen LogP contribution is -2.64. The number of phosphoric acid groups is 1. The summed E-state index contributed by atoms with van der Waals surface area (Å²) in [4.78, 5) is 35.7. The number of rotatable bonds is 40. The Kier molecular flexibility index (Phi) is 35.9. The van der Waals surface area contributed by atoms with Crippen molar-refractivity contribution in [3.63, 3.8) is 0 Å². The number of unbranched alkanes of at least 4 members (excludes halogenated alkanes) is 22. The smallest absolute Gasteiger partial charge is 0.462 e. The highest BCUT2D eigenvalue weighted by atomic mass is 31.2. The summed E-state index contributed by atoms with van der Waals surface area (Å²) in [5, 5.41) is 50.2. The zero-order chi connectivity index (χ0) is 45.7. The number of allylic oxidation sites excluding steroid dienone is 6. The van der Waals surface area contributed by atoms with E-state index in [4.69, 9.17) is 18.5 Å². The Morgan fingerprint density at radius 2 is 0.871 bits per heavy atom. The van der Waals surface area contributed by atoms with Crippen LogP contribution in [0.15, 0.2) is 36.5 Å². The third kappa shape index (κ3) is 30.3. The van der Waals surface area contributed by atoms with Gasteiger partial charge in [0.05, 0.1) is 6.61 Å². The molecular weight excluding hydrogens is 815 g/mol. The second-order valence-corrected chi connectivity index (χ2v) is 18.4. The van der Waals surface area contributed by atoms with Gasteiger partial charge in [-0.2, -0.15) is 0 Å². The molecule has 62 heavy (non-hydrogen) atoms. The maximum atomic E-state index is 12.8. The zero-order valence-electron chi connectivity index (χ0n) is 38.4. The maximum Gasteiger partial charge on any atom is 0.472 e. The van der Waals surface area contributed by atoms with Gasteiger partial charge < -0.3 is 39.9 Å². The summed E-state index contributed by atoms with van der Waals surface area (Å²) >= 11 is 0. The van der Waals surface area contributed by atoms with E-state index >= 15 is 0 Å². The summed E-state index contributed by atoms with van der Waals surface area (Å²) in [6, 6.07) is 0. The molecule has 1 aliphatic rings. The van der Waals surface area contributed by atoms with Crippen LogP contribution < -0.4 is 0 Å². The lowest BCUT2D eigenvalue weighted by molar-refractivity contribution is -0.220. The van der Waals surface area contributed by atoms with E-state index in [1.165, 1.54) is 64.2 Å². The van der Waals surface area contributed by atoms with Crippen LogP contribution in [0, 0.1) is 0 Å². The highest BCUT2D eigenvalue weighted by Gasteiger charge is 2.51. The van der Waals surface area contributed by atoms with Crippen LogP contribution in [0.1, 0.15) is 200 Å². The molecule has 0 amide bonds. The van der Waals surface area contributed by atoms with Gasteiger partial charge in [0, 0.05) is 12.8 Å². The number of esters is 2. The van der Waals surface area contributed by atoms with Gasteiger partial charge in [0.25, 0.3) is 0 Å². The number of carbonyl (C=O) groups is 2. The molecule has 0 aromatic carbocycles. The van der Waals surface area contributed by atoms with Gasteiger partial charge in [-0.1, -0.05) is 153 Å². The van der Waals surface area contributed by atoms with Gasteiger partial charge in [-0.25, -0.2) is 4.57 Å². The molecule has 1 aliphatic carbocycles. The van der Waals surface area contributed by atoms with Crippen LogP contribution in [0.4, 0.5) is 0 Å². The number of ether oxygens (including phenoxy) is 2. The minimum absolute atomic E-state index is 0.0864. The molecule has 1 rings (SSSR count). The highest BCUT2D eigenvalue weighted by Crippen LogP contribution is 2.47. The molecule has 14 heteroatoms. The van der Waals surface area contributed by atoms with Crippen molar-refractivity contribution in [2.24, 2.45) is 0 Å². The lowest BCUT2D eigenvalue weighted by Gasteiger charge is -2.41. The van der Waals surface area contributed by atoms with Crippen molar-refractivity contribution < 1.29 is 63.1 Å². The molecule has 0 aromatic rings. The molecule has 0 aliphatic heterocycles. The summed E-state index contributed by atoms with van der Waals surface area (Å²) in [6.07, 6.45) is 30.4. The van der Waals surface area contributed by atoms with Crippen molar-refractivity contribution in [2.75, 3.05) is 13.2 Å². The van der Waals surface area contributed by atoms with Crippen molar-refractivity contribution in [1.29, 1.82) is 0 Å². The molecule has 0 heterocycles. The van der Waals surface area contributed by atoms with Gasteiger partial charge >= 0.3 is 19.8 Å². The molecule has 0 saturated heterocycles. The number of aliphatic hydroxyl groups is 5. The van der Waals surface area contributed by atoms with Gasteiger partial charge in [0.15, 0.2) is 6.10 Å². The fourth-order valence-corrected chi connectivity index (χ4v) is 8.23. The normalized spacial score (nSPS) is 22.1. The van der Waals surface area contributed by atoms with Crippen molar-refractivity contribution in [2.45, 2.75) is 243 Å². The van der Waals surface area contributed by atoms with E-state index in [9.17, 15) is 44.6 Å². The predicted octanol–water partition coefficient (Wildman–Crippen LogP) is 9.78. The quantitative estimate of drug-likeness (QED) is 0.0147. The van der Waals surface area contributed by atoms with Crippen LogP contribution in [0.2, 0.25) is 0 Å². The first-order valence-electron chi connectivity index (χ1n) is 24.3. The molecule has 13 nitrogen and oxygen atoms in total. The van der Waals surface area contributed by atoms with Gasteiger partial charge in [0.2, 0.25) is 0 Å². The molecule has 6 N–H and O–H groups in total. The van der Waals surface area contributed by atoms with E-state index in [-0.39, 0.29) is 12.8 Å². The SMILES string of the molecule is CCCCC/C=C\C/C=C\CCCCCCCCCC(=O)O[C@H](COC(=O)CCCCCCC/C=C\CCCCCCCCC)COP(=O)(O)OC1C(O)C(O)C(O)[C@@H](O)C1O. The molecule has 0 spiro atoms. The summed E-state index contributed by atoms with van der Waals surface area (Å²) in [7, 11) is -5.12. The Morgan fingerprint density at radius 1 is 0.500 bits per heavy atom. The number of phosphoric ester groups is 1. The van der Waals surface area contributed by atoms with Gasteiger partial charge in [-0.15, -0.1) is 0 Å². The van der Waals surface area contributed by atoms with Crippen molar-refractivity contribution in [3.8, 4) is 0 Å². The first-order chi connectivity index (χ1) is 29.9. The molecular formula is C48H87O13P. The fraction of sp³-hybridized carbons (Fsp3) is 0.833. The summed E-state index contributed by atoms with van der Waals surface area (Å²) in [5.74, 6) is -1.11. The summed E-state index contributed by atoms with van der Waals surface area (Å²) in [6.45, 7) is 3.27. The number of hydrogen-bond donors (Lipinski definition) is 6. The highest BCUT2D eigenvalue weighted by molar-refractivity contribution is 7.47.